The van der Waals surface area contributed by atoms with Gasteiger partial charge in [0.05, 0.1) is 17.2 Å². The molecule has 8 heteroatoms. The summed E-state index contributed by atoms with van der Waals surface area (Å²) < 4.78 is 0. The molecule has 0 radical (unpaired) electrons. The number of aromatic amines is 1. The topological polar surface area (TPSA) is 116 Å². The highest BCUT2D eigenvalue weighted by atomic mass is 16.3. The van der Waals surface area contributed by atoms with E-state index in [9.17, 15) is 9.90 Å². The highest BCUT2D eigenvalue weighted by molar-refractivity contribution is 6.11. The Hall–Kier alpha value is -3.00. The lowest BCUT2D eigenvalue weighted by Gasteiger charge is -2.26. The number of aliphatic hydroxyl groups excluding tert-OH is 1. The first-order valence-electron chi connectivity index (χ1n) is 10.1. The van der Waals surface area contributed by atoms with Crippen LogP contribution in [0.5, 0.6) is 0 Å². The van der Waals surface area contributed by atoms with Gasteiger partial charge in [-0.05, 0) is 37.7 Å². The zero-order valence-corrected chi connectivity index (χ0v) is 16.6. The molecule has 1 aliphatic rings. The van der Waals surface area contributed by atoms with Crippen molar-refractivity contribution in [3.05, 3.63) is 41.7 Å². The largest absolute Gasteiger partial charge is 0.393 e. The Morgan fingerprint density at radius 3 is 2.76 bits per heavy atom. The van der Waals surface area contributed by atoms with Gasteiger partial charge < -0.3 is 15.7 Å². The Balaban J connectivity index is 1.55. The number of aliphatic hydroxyl groups is 1. The second kappa shape index (κ2) is 8.16. The van der Waals surface area contributed by atoms with Gasteiger partial charge in [0.15, 0.2) is 5.82 Å². The first kappa shape index (κ1) is 19.3. The van der Waals surface area contributed by atoms with Crippen LogP contribution in [-0.4, -0.2) is 43.3 Å². The van der Waals surface area contributed by atoms with E-state index in [0.717, 1.165) is 36.8 Å². The highest BCUT2D eigenvalue weighted by Gasteiger charge is 2.20. The molecule has 1 fully saturated rings. The van der Waals surface area contributed by atoms with E-state index in [0.29, 0.717) is 28.8 Å². The van der Waals surface area contributed by atoms with Crippen LogP contribution in [0.4, 0.5) is 11.8 Å². The van der Waals surface area contributed by atoms with Gasteiger partial charge in [0.2, 0.25) is 5.95 Å². The normalized spacial score (nSPS) is 19.4. The van der Waals surface area contributed by atoms with Crippen LogP contribution in [0.3, 0.4) is 0 Å². The molecule has 0 spiro atoms. The standard InChI is InChI=1S/C21H26N6O2/c1-12(2)17-10-18(27-26-17)24-20(29)16-5-3-4-13-11-22-21(25-19(13)16)23-14-6-8-15(28)9-7-14/h3-5,10-12,14-15,28H,6-9H2,1-2H3,(H,22,23,25)(H2,24,26,27,29). The number of aromatic nitrogens is 4. The first-order valence-corrected chi connectivity index (χ1v) is 10.1. The highest BCUT2D eigenvalue weighted by Crippen LogP contribution is 2.23. The van der Waals surface area contributed by atoms with Crippen molar-refractivity contribution in [1.82, 2.24) is 20.2 Å². The van der Waals surface area contributed by atoms with E-state index in [1.165, 1.54) is 0 Å². The third-order valence-corrected chi connectivity index (χ3v) is 5.35. The Kier molecular flexibility index (Phi) is 5.44. The van der Waals surface area contributed by atoms with Crippen molar-refractivity contribution in [2.24, 2.45) is 0 Å². The number of hydrogen-bond donors (Lipinski definition) is 4. The minimum Gasteiger partial charge on any atom is -0.393 e. The summed E-state index contributed by atoms with van der Waals surface area (Å²) in [5.41, 5.74) is 2.03. The summed E-state index contributed by atoms with van der Waals surface area (Å²) in [6, 6.07) is 7.53. The fourth-order valence-electron chi connectivity index (χ4n) is 3.59. The molecule has 1 saturated carbocycles. The molecule has 0 saturated heterocycles. The molecule has 1 aliphatic carbocycles. The van der Waals surface area contributed by atoms with Gasteiger partial charge in [-0.3, -0.25) is 9.89 Å². The fourth-order valence-corrected chi connectivity index (χ4v) is 3.59. The SMILES string of the molecule is CC(C)c1cc(NC(=O)c2cccc3cnc(NC4CCC(O)CC4)nc23)n[nH]1. The van der Waals surface area contributed by atoms with Gasteiger partial charge >= 0.3 is 0 Å². The number of nitrogens with zero attached hydrogens (tertiary/aromatic N) is 3. The van der Waals surface area contributed by atoms with E-state index < -0.39 is 0 Å². The molecule has 4 rings (SSSR count). The number of H-pyrrole nitrogens is 1. The lowest BCUT2D eigenvalue weighted by molar-refractivity contribution is 0.102. The van der Waals surface area contributed by atoms with Crippen molar-refractivity contribution in [3.8, 4) is 0 Å². The third kappa shape index (κ3) is 4.37. The minimum atomic E-state index is -0.261. The van der Waals surface area contributed by atoms with Gasteiger partial charge in [0.1, 0.15) is 0 Å². The van der Waals surface area contributed by atoms with Crippen LogP contribution in [0.25, 0.3) is 10.9 Å². The summed E-state index contributed by atoms with van der Waals surface area (Å²) in [6.45, 7) is 4.12. The van der Waals surface area contributed by atoms with Gasteiger partial charge in [0, 0.05) is 29.4 Å². The summed E-state index contributed by atoms with van der Waals surface area (Å²) in [6.07, 6.45) is 4.83. The number of anilines is 2. The van der Waals surface area contributed by atoms with Crippen molar-refractivity contribution in [1.29, 1.82) is 0 Å². The van der Waals surface area contributed by atoms with E-state index in [2.05, 4.69) is 44.6 Å². The Bertz CT molecular complexity index is 1010. The lowest BCUT2D eigenvalue weighted by atomic mass is 9.93. The van der Waals surface area contributed by atoms with Gasteiger partial charge in [-0.15, -0.1) is 0 Å². The summed E-state index contributed by atoms with van der Waals surface area (Å²) in [5.74, 6) is 1.03. The number of carbonyl (C=O) groups is 1. The second-order valence-electron chi connectivity index (χ2n) is 7.90. The predicted molar refractivity (Wildman–Crippen MR) is 112 cm³/mol. The van der Waals surface area contributed by atoms with Crippen molar-refractivity contribution in [3.63, 3.8) is 0 Å². The number of rotatable bonds is 5. The minimum absolute atomic E-state index is 0.209. The number of carbonyl (C=O) groups excluding carboxylic acids is 1. The van der Waals surface area contributed by atoms with Crippen LogP contribution in [0.2, 0.25) is 0 Å². The number of fused-ring (bicyclic) bond motifs is 1. The zero-order valence-electron chi connectivity index (χ0n) is 16.6. The van der Waals surface area contributed by atoms with Crippen LogP contribution in [0.1, 0.15) is 61.5 Å². The van der Waals surface area contributed by atoms with E-state index in [1.807, 2.05) is 18.2 Å². The lowest BCUT2D eigenvalue weighted by Crippen LogP contribution is -2.29. The van der Waals surface area contributed by atoms with E-state index in [1.54, 1.807) is 12.3 Å². The molecule has 0 aliphatic heterocycles. The van der Waals surface area contributed by atoms with Crippen molar-refractivity contribution >= 4 is 28.6 Å². The predicted octanol–water partition coefficient (Wildman–Crippen LogP) is 3.44. The molecular formula is C21H26N6O2. The van der Waals surface area contributed by atoms with Gasteiger partial charge in [-0.2, -0.15) is 5.10 Å². The second-order valence-corrected chi connectivity index (χ2v) is 7.90. The summed E-state index contributed by atoms with van der Waals surface area (Å²) in [5, 5.41) is 23.8. The number of para-hydroxylation sites is 1. The molecular weight excluding hydrogens is 368 g/mol. The number of benzene rings is 1. The Morgan fingerprint density at radius 2 is 2.03 bits per heavy atom. The van der Waals surface area contributed by atoms with Crippen molar-refractivity contribution < 1.29 is 9.90 Å². The molecule has 4 N–H and O–H groups in total. The number of hydrogen-bond acceptors (Lipinski definition) is 6. The van der Waals surface area contributed by atoms with E-state index in [4.69, 9.17) is 0 Å². The number of nitrogens with one attached hydrogen (secondary N) is 3. The Morgan fingerprint density at radius 1 is 1.24 bits per heavy atom. The van der Waals surface area contributed by atoms with Gasteiger partial charge in [-0.25, -0.2) is 9.97 Å². The molecule has 2 aromatic heterocycles. The fraction of sp³-hybridized carbons (Fsp3) is 0.429. The smallest absolute Gasteiger partial charge is 0.259 e. The van der Waals surface area contributed by atoms with Gasteiger partial charge in [-0.1, -0.05) is 26.0 Å². The maximum atomic E-state index is 12.9. The van der Waals surface area contributed by atoms with E-state index >= 15 is 0 Å². The van der Waals surface area contributed by atoms with Crippen LogP contribution in [0.15, 0.2) is 30.5 Å². The molecule has 3 aromatic rings. The molecule has 2 heterocycles. The van der Waals surface area contributed by atoms with Crippen LogP contribution < -0.4 is 10.6 Å². The van der Waals surface area contributed by atoms with Crippen LogP contribution in [-0.2, 0) is 0 Å². The van der Waals surface area contributed by atoms with E-state index in [-0.39, 0.29) is 18.1 Å². The van der Waals surface area contributed by atoms with Crippen LogP contribution in [0, 0.1) is 0 Å². The molecule has 0 atom stereocenters. The quantitative estimate of drug-likeness (QED) is 0.527. The van der Waals surface area contributed by atoms with Crippen LogP contribution >= 0.6 is 0 Å². The average molecular weight is 394 g/mol. The van der Waals surface area contributed by atoms with Gasteiger partial charge in [0.25, 0.3) is 5.91 Å². The summed E-state index contributed by atoms with van der Waals surface area (Å²) in [7, 11) is 0. The number of amides is 1. The molecule has 152 valence electrons. The molecule has 1 aromatic carbocycles. The molecule has 0 bridgehead atoms. The van der Waals surface area contributed by atoms with Crippen molar-refractivity contribution in [2.45, 2.75) is 57.6 Å². The molecule has 0 unspecified atom stereocenters. The maximum Gasteiger partial charge on any atom is 0.259 e. The third-order valence-electron chi connectivity index (χ3n) is 5.35. The average Bonchev–Trinajstić information content (AvgIpc) is 3.18. The molecule has 8 nitrogen and oxygen atoms in total. The maximum absolute atomic E-state index is 12.9. The monoisotopic (exact) mass is 394 g/mol. The van der Waals surface area contributed by atoms with Crippen molar-refractivity contribution in [2.75, 3.05) is 10.6 Å². The summed E-state index contributed by atoms with van der Waals surface area (Å²) in [4.78, 5) is 21.9. The molecule has 1 amide bonds. The Labute approximate surface area is 169 Å². The first-order chi connectivity index (χ1) is 14.0. The zero-order chi connectivity index (χ0) is 20.4. The summed E-state index contributed by atoms with van der Waals surface area (Å²) >= 11 is 0. The molecule has 29 heavy (non-hydrogen) atoms.